The maximum atomic E-state index is 13.5. The van der Waals surface area contributed by atoms with Gasteiger partial charge in [-0.05, 0) is 47.9 Å². The van der Waals surface area contributed by atoms with Gasteiger partial charge in [-0.1, -0.05) is 12.1 Å². The highest BCUT2D eigenvalue weighted by Crippen LogP contribution is 2.35. The maximum Gasteiger partial charge on any atom is 0.123 e. The van der Waals surface area contributed by atoms with Crippen LogP contribution in [-0.4, -0.2) is 18.6 Å². The first-order valence-corrected chi connectivity index (χ1v) is 7.43. The lowest BCUT2D eigenvalue weighted by Crippen LogP contribution is -2.30. The van der Waals surface area contributed by atoms with Crippen LogP contribution in [0, 0.1) is 5.82 Å². The molecule has 0 bridgehead atoms. The first kappa shape index (κ1) is 13.3. The molecule has 0 amide bonds. The lowest BCUT2D eigenvalue weighted by atomic mass is 9.94. The number of methoxy groups -OCH3 is 1. The van der Waals surface area contributed by atoms with E-state index in [0.29, 0.717) is 0 Å². The molecule has 4 heteroatoms. The molecule has 4 rings (SSSR count). The van der Waals surface area contributed by atoms with Crippen LogP contribution >= 0.6 is 0 Å². The van der Waals surface area contributed by atoms with Gasteiger partial charge in [-0.25, -0.2) is 4.39 Å². The van der Waals surface area contributed by atoms with Crippen LogP contribution in [0.3, 0.4) is 0 Å². The highest BCUT2D eigenvalue weighted by atomic mass is 19.1. The van der Waals surface area contributed by atoms with Crippen molar-refractivity contribution in [3.05, 3.63) is 65.1 Å². The second kappa shape index (κ2) is 5.14. The Labute approximate surface area is 128 Å². The third-order valence-electron chi connectivity index (χ3n) is 4.34. The second-order valence-corrected chi connectivity index (χ2v) is 5.62. The number of hydrogen-bond donors (Lipinski definition) is 2. The molecule has 0 fully saturated rings. The molecule has 112 valence electrons. The summed E-state index contributed by atoms with van der Waals surface area (Å²) in [6.07, 6.45) is 0.953. The van der Waals surface area contributed by atoms with Crippen LogP contribution < -0.4 is 10.1 Å². The molecule has 2 aromatic carbocycles. The molecule has 0 saturated heterocycles. The molecule has 1 aromatic heterocycles. The summed E-state index contributed by atoms with van der Waals surface area (Å²) in [5, 5.41) is 4.67. The molecule has 1 aliphatic heterocycles. The fourth-order valence-corrected chi connectivity index (χ4v) is 3.30. The van der Waals surface area contributed by atoms with Crippen LogP contribution in [0.1, 0.15) is 22.9 Å². The molecule has 0 aliphatic carbocycles. The van der Waals surface area contributed by atoms with Crippen molar-refractivity contribution in [2.24, 2.45) is 0 Å². The van der Waals surface area contributed by atoms with Crippen molar-refractivity contribution < 1.29 is 9.13 Å². The van der Waals surface area contributed by atoms with Crippen molar-refractivity contribution in [3.8, 4) is 5.75 Å². The summed E-state index contributed by atoms with van der Waals surface area (Å²) in [6.45, 7) is 0.873. The third-order valence-corrected chi connectivity index (χ3v) is 4.34. The van der Waals surface area contributed by atoms with E-state index in [9.17, 15) is 4.39 Å². The lowest BCUT2D eigenvalue weighted by Gasteiger charge is -2.24. The van der Waals surface area contributed by atoms with Crippen LogP contribution in [0.5, 0.6) is 5.75 Å². The summed E-state index contributed by atoms with van der Waals surface area (Å²) >= 11 is 0. The van der Waals surface area contributed by atoms with Gasteiger partial charge in [0.05, 0.1) is 13.2 Å². The lowest BCUT2D eigenvalue weighted by molar-refractivity contribution is 0.415. The number of H-pyrrole nitrogens is 1. The second-order valence-electron chi connectivity index (χ2n) is 5.62. The minimum Gasteiger partial charge on any atom is -0.497 e. The number of benzene rings is 2. The van der Waals surface area contributed by atoms with E-state index in [1.807, 2.05) is 18.2 Å². The van der Waals surface area contributed by atoms with E-state index in [-0.39, 0.29) is 11.9 Å². The SMILES string of the molecule is COc1ccc2[nH]c3c(c2c1)CCN[C@H]3c1cccc(F)c1. The highest BCUT2D eigenvalue weighted by Gasteiger charge is 2.25. The zero-order valence-electron chi connectivity index (χ0n) is 12.3. The molecule has 22 heavy (non-hydrogen) atoms. The third kappa shape index (κ3) is 2.07. The Morgan fingerprint density at radius 2 is 2.09 bits per heavy atom. The van der Waals surface area contributed by atoms with Gasteiger partial charge in [-0.2, -0.15) is 0 Å². The Bertz CT molecular complexity index is 840. The van der Waals surface area contributed by atoms with Gasteiger partial charge in [0.15, 0.2) is 0 Å². The molecule has 0 saturated carbocycles. The number of hydrogen-bond acceptors (Lipinski definition) is 2. The molecule has 1 atom stereocenters. The van der Waals surface area contributed by atoms with E-state index in [2.05, 4.69) is 16.4 Å². The Morgan fingerprint density at radius 1 is 1.18 bits per heavy atom. The van der Waals surface area contributed by atoms with Crippen LogP contribution in [0.25, 0.3) is 10.9 Å². The van der Waals surface area contributed by atoms with Gasteiger partial charge in [-0.3, -0.25) is 0 Å². The van der Waals surface area contributed by atoms with Gasteiger partial charge >= 0.3 is 0 Å². The fourth-order valence-electron chi connectivity index (χ4n) is 3.30. The molecule has 0 unspecified atom stereocenters. The zero-order chi connectivity index (χ0) is 15.1. The molecule has 0 radical (unpaired) electrons. The minimum atomic E-state index is -0.204. The van der Waals surface area contributed by atoms with E-state index in [0.717, 1.165) is 35.5 Å². The average Bonchev–Trinajstić information content (AvgIpc) is 2.92. The number of aromatic nitrogens is 1. The predicted molar refractivity (Wildman–Crippen MR) is 84.8 cm³/mol. The van der Waals surface area contributed by atoms with Crippen molar-refractivity contribution in [2.45, 2.75) is 12.5 Å². The molecule has 2 N–H and O–H groups in total. The van der Waals surface area contributed by atoms with Crippen molar-refractivity contribution in [3.63, 3.8) is 0 Å². The maximum absolute atomic E-state index is 13.5. The summed E-state index contributed by atoms with van der Waals surface area (Å²) in [5.74, 6) is 0.652. The van der Waals surface area contributed by atoms with Gasteiger partial charge < -0.3 is 15.0 Å². The van der Waals surface area contributed by atoms with Crippen molar-refractivity contribution in [1.29, 1.82) is 0 Å². The average molecular weight is 296 g/mol. The van der Waals surface area contributed by atoms with Crippen molar-refractivity contribution >= 4 is 10.9 Å². The summed E-state index contributed by atoms with van der Waals surface area (Å²) in [4.78, 5) is 3.49. The number of nitrogens with one attached hydrogen (secondary N) is 2. The van der Waals surface area contributed by atoms with Crippen LogP contribution in [0.4, 0.5) is 4.39 Å². The Morgan fingerprint density at radius 3 is 2.91 bits per heavy atom. The molecule has 3 nitrogen and oxygen atoms in total. The van der Waals surface area contributed by atoms with Crippen molar-refractivity contribution in [2.75, 3.05) is 13.7 Å². The molecular formula is C18H17FN2O. The van der Waals surface area contributed by atoms with Gasteiger partial charge in [-0.15, -0.1) is 0 Å². The normalized spacial score (nSPS) is 17.5. The monoisotopic (exact) mass is 296 g/mol. The van der Waals surface area contributed by atoms with Crippen molar-refractivity contribution in [1.82, 2.24) is 10.3 Å². The Balaban J connectivity index is 1.87. The summed E-state index contributed by atoms with van der Waals surface area (Å²) in [5.41, 5.74) is 4.46. The van der Waals surface area contributed by atoms with E-state index in [4.69, 9.17) is 4.74 Å². The quantitative estimate of drug-likeness (QED) is 0.759. The summed E-state index contributed by atoms with van der Waals surface area (Å²) in [7, 11) is 1.68. The Hall–Kier alpha value is -2.33. The number of rotatable bonds is 2. The predicted octanol–water partition coefficient (Wildman–Crippen LogP) is 3.55. The molecule has 0 spiro atoms. The summed E-state index contributed by atoms with van der Waals surface area (Å²) < 4.78 is 18.9. The van der Waals surface area contributed by atoms with E-state index in [1.54, 1.807) is 19.2 Å². The molecule has 3 aromatic rings. The zero-order valence-corrected chi connectivity index (χ0v) is 12.3. The van der Waals surface area contributed by atoms with Crippen LogP contribution in [0.15, 0.2) is 42.5 Å². The van der Waals surface area contributed by atoms with Crippen LogP contribution in [0.2, 0.25) is 0 Å². The number of ether oxygens (including phenoxy) is 1. The fraction of sp³-hybridized carbons (Fsp3) is 0.222. The van der Waals surface area contributed by atoms with Gasteiger partial charge in [0.1, 0.15) is 11.6 Å². The van der Waals surface area contributed by atoms with E-state index >= 15 is 0 Å². The number of aromatic amines is 1. The van der Waals surface area contributed by atoms with Gasteiger partial charge in [0.25, 0.3) is 0 Å². The highest BCUT2D eigenvalue weighted by molar-refractivity contribution is 5.86. The smallest absolute Gasteiger partial charge is 0.123 e. The Kier molecular flexibility index (Phi) is 3.12. The number of fused-ring (bicyclic) bond motifs is 3. The first-order valence-electron chi connectivity index (χ1n) is 7.43. The van der Waals surface area contributed by atoms with Gasteiger partial charge in [0.2, 0.25) is 0 Å². The van der Waals surface area contributed by atoms with Gasteiger partial charge in [0, 0.05) is 23.1 Å². The molecule has 2 heterocycles. The minimum absolute atomic E-state index is 0.00200. The molecular weight excluding hydrogens is 279 g/mol. The summed E-state index contributed by atoms with van der Waals surface area (Å²) in [6, 6.07) is 12.8. The standard InChI is InChI=1S/C18H17FN2O/c1-22-13-5-6-16-15(10-13)14-7-8-20-17(18(14)21-16)11-3-2-4-12(19)9-11/h2-6,9-10,17,20-21H,7-8H2,1H3/t17-/m0/s1. The van der Waals surface area contributed by atoms with E-state index in [1.165, 1.54) is 17.0 Å². The van der Waals surface area contributed by atoms with E-state index < -0.39 is 0 Å². The van der Waals surface area contributed by atoms with Crippen LogP contribution in [-0.2, 0) is 6.42 Å². The first-order chi connectivity index (χ1) is 10.8. The topological polar surface area (TPSA) is 37.0 Å². The largest absolute Gasteiger partial charge is 0.497 e. The number of halogens is 1. The molecule has 1 aliphatic rings.